The zero-order valence-electron chi connectivity index (χ0n) is 23.7. The highest BCUT2D eigenvalue weighted by atomic mass is 31.2. The lowest BCUT2D eigenvalue weighted by molar-refractivity contribution is -0.0384. The molecule has 5 rings (SSSR count). The second-order valence-corrected chi connectivity index (χ2v) is 12.1. The lowest BCUT2D eigenvalue weighted by Crippen LogP contribution is -2.34. The highest BCUT2D eigenvalue weighted by Crippen LogP contribution is 2.55. The summed E-state index contributed by atoms with van der Waals surface area (Å²) in [7, 11) is -4.23. The van der Waals surface area contributed by atoms with E-state index in [4.69, 9.17) is 13.8 Å². The standard InChI is InChI=1S/C31H32N5O7P/c37-29-16-17-35(31(39)32-29)18-27-19-36(34-33-27)20-28(41-21-24-10-4-1-5-11-24)30(38)44(40,42-22-25-12-6-2-7-13-25)43-23-26-14-8-3-9-15-26/h1-17,19,28,30,38H,18,20-23H2,(H,32,37,39)/t28-,30-/m0/s1. The van der Waals surface area contributed by atoms with E-state index >= 15 is 0 Å². The Morgan fingerprint density at radius 3 is 1.89 bits per heavy atom. The second kappa shape index (κ2) is 14.8. The van der Waals surface area contributed by atoms with Gasteiger partial charge < -0.3 is 18.9 Å². The van der Waals surface area contributed by atoms with Crippen LogP contribution in [0.15, 0.2) is 119 Å². The topological polar surface area (TPSA) is 151 Å². The van der Waals surface area contributed by atoms with Crippen molar-refractivity contribution in [3.8, 4) is 0 Å². The number of nitrogens with zero attached hydrogens (tertiary/aromatic N) is 4. The molecule has 0 saturated carbocycles. The molecule has 5 aromatic rings. The smallest absolute Gasteiger partial charge is 0.362 e. The summed E-state index contributed by atoms with van der Waals surface area (Å²) in [4.78, 5) is 25.7. The number of nitrogens with one attached hydrogen (secondary N) is 1. The van der Waals surface area contributed by atoms with Crippen molar-refractivity contribution < 1.29 is 23.5 Å². The number of aromatic amines is 1. The molecule has 12 nitrogen and oxygen atoms in total. The molecular weight excluding hydrogens is 585 g/mol. The van der Waals surface area contributed by atoms with Crippen molar-refractivity contribution in [2.75, 3.05) is 0 Å². The quantitative estimate of drug-likeness (QED) is 0.168. The van der Waals surface area contributed by atoms with Crippen molar-refractivity contribution in [1.82, 2.24) is 24.5 Å². The third-order valence-electron chi connectivity index (χ3n) is 6.65. The van der Waals surface area contributed by atoms with Gasteiger partial charge in [0.25, 0.3) is 5.56 Å². The molecule has 2 aromatic heterocycles. The molecule has 0 bridgehead atoms. The summed E-state index contributed by atoms with van der Waals surface area (Å²) in [5.41, 5.74) is 1.67. The predicted molar refractivity (Wildman–Crippen MR) is 162 cm³/mol. The molecule has 0 amide bonds. The number of rotatable bonds is 15. The van der Waals surface area contributed by atoms with Crippen molar-refractivity contribution >= 4 is 7.60 Å². The van der Waals surface area contributed by atoms with Gasteiger partial charge in [0.05, 0.1) is 39.1 Å². The number of H-pyrrole nitrogens is 1. The fraction of sp³-hybridized carbons (Fsp3) is 0.226. The maximum atomic E-state index is 14.3. The zero-order valence-corrected chi connectivity index (χ0v) is 24.6. The Morgan fingerprint density at radius 1 is 0.795 bits per heavy atom. The molecule has 0 saturated heterocycles. The van der Waals surface area contributed by atoms with Crippen LogP contribution in [0.4, 0.5) is 0 Å². The fourth-order valence-corrected chi connectivity index (χ4v) is 5.94. The van der Waals surface area contributed by atoms with Crippen molar-refractivity contribution in [3.63, 3.8) is 0 Å². The van der Waals surface area contributed by atoms with Crippen LogP contribution in [0.3, 0.4) is 0 Å². The third-order valence-corrected chi connectivity index (χ3v) is 8.61. The van der Waals surface area contributed by atoms with Crippen LogP contribution in [0, 0.1) is 0 Å². The maximum absolute atomic E-state index is 14.3. The van der Waals surface area contributed by atoms with E-state index in [0.717, 1.165) is 16.7 Å². The van der Waals surface area contributed by atoms with Gasteiger partial charge >= 0.3 is 13.3 Å². The maximum Gasteiger partial charge on any atom is 0.362 e. The number of hydrogen-bond acceptors (Lipinski definition) is 9. The van der Waals surface area contributed by atoms with Crippen molar-refractivity contribution in [3.05, 3.63) is 153 Å². The average Bonchev–Trinajstić information content (AvgIpc) is 3.50. The van der Waals surface area contributed by atoms with Gasteiger partial charge in [0, 0.05) is 12.3 Å². The molecular formula is C31H32N5O7P. The Bertz CT molecular complexity index is 1730. The highest BCUT2D eigenvalue weighted by molar-refractivity contribution is 7.54. The largest absolute Gasteiger partial charge is 0.378 e. The molecule has 0 aliphatic carbocycles. The molecule has 0 unspecified atom stereocenters. The summed E-state index contributed by atoms with van der Waals surface area (Å²) in [5.74, 6) is -1.70. The molecule has 2 N–H and O–H groups in total. The Balaban J connectivity index is 1.38. The van der Waals surface area contributed by atoms with E-state index in [-0.39, 0.29) is 32.9 Å². The van der Waals surface area contributed by atoms with Gasteiger partial charge in [0.2, 0.25) is 0 Å². The van der Waals surface area contributed by atoms with Gasteiger partial charge in [-0.1, -0.05) is 96.2 Å². The lowest BCUT2D eigenvalue weighted by atomic mass is 10.2. The van der Waals surface area contributed by atoms with Crippen molar-refractivity contribution in [2.45, 2.75) is 44.9 Å². The fourth-order valence-electron chi connectivity index (χ4n) is 4.31. The average molecular weight is 618 g/mol. The van der Waals surface area contributed by atoms with Crippen LogP contribution in [0.25, 0.3) is 0 Å². The van der Waals surface area contributed by atoms with Crippen molar-refractivity contribution in [1.29, 1.82) is 0 Å². The summed E-state index contributed by atoms with van der Waals surface area (Å²) in [6.45, 7) is -0.0245. The summed E-state index contributed by atoms with van der Waals surface area (Å²) >= 11 is 0. The summed E-state index contributed by atoms with van der Waals surface area (Å²) in [6.07, 6.45) is 1.84. The number of aliphatic hydroxyl groups excluding tert-OH is 1. The van der Waals surface area contributed by atoms with Gasteiger partial charge in [-0.05, 0) is 16.7 Å². The van der Waals surface area contributed by atoms with Gasteiger partial charge in [-0.25, -0.2) is 9.48 Å². The van der Waals surface area contributed by atoms with Crippen LogP contribution < -0.4 is 11.2 Å². The van der Waals surface area contributed by atoms with E-state index in [1.54, 1.807) is 6.20 Å². The van der Waals surface area contributed by atoms with Gasteiger partial charge in [0.15, 0.2) is 5.85 Å². The van der Waals surface area contributed by atoms with E-state index in [1.165, 1.54) is 21.5 Å². The van der Waals surface area contributed by atoms with Crippen LogP contribution in [0.1, 0.15) is 22.4 Å². The van der Waals surface area contributed by atoms with E-state index in [9.17, 15) is 19.3 Å². The van der Waals surface area contributed by atoms with Crippen molar-refractivity contribution in [2.24, 2.45) is 0 Å². The number of ether oxygens (including phenoxy) is 1. The van der Waals surface area contributed by atoms with E-state index in [2.05, 4.69) is 15.3 Å². The Labute approximate surface area is 253 Å². The van der Waals surface area contributed by atoms with Gasteiger partial charge in [0.1, 0.15) is 11.8 Å². The summed E-state index contributed by atoms with van der Waals surface area (Å²) in [6, 6.07) is 28.9. The number of aromatic nitrogens is 5. The Kier molecular flexibility index (Phi) is 10.4. The molecule has 44 heavy (non-hydrogen) atoms. The second-order valence-electron chi connectivity index (χ2n) is 9.98. The number of aliphatic hydroxyl groups is 1. The van der Waals surface area contributed by atoms with Gasteiger partial charge in [-0.15, -0.1) is 5.10 Å². The number of benzene rings is 3. The van der Waals surface area contributed by atoms with E-state index in [1.807, 2.05) is 91.0 Å². The minimum atomic E-state index is -4.23. The predicted octanol–water partition coefficient (Wildman–Crippen LogP) is 3.71. The number of hydrogen-bond donors (Lipinski definition) is 2. The molecule has 13 heteroatoms. The van der Waals surface area contributed by atoms with Crippen LogP contribution in [0.2, 0.25) is 0 Å². The normalized spacial score (nSPS) is 13.0. The molecule has 0 aliphatic heterocycles. The first-order valence-corrected chi connectivity index (χ1v) is 15.5. The molecule has 228 valence electrons. The van der Waals surface area contributed by atoms with E-state index < -0.39 is 30.8 Å². The van der Waals surface area contributed by atoms with E-state index in [0.29, 0.717) is 5.69 Å². The molecule has 0 spiro atoms. The minimum absolute atomic E-state index is 0.0482. The Hall–Kier alpha value is -4.45. The molecule has 0 aliphatic rings. The SMILES string of the molecule is O=c1ccn(Cc2cn(C[C@H](OCc3ccccc3)[C@@H](O)P(=O)(OCc3ccccc3)OCc3ccccc3)nn2)c(=O)[nH]1. The first-order chi connectivity index (χ1) is 21.4. The first kappa shape index (κ1) is 31.0. The highest BCUT2D eigenvalue weighted by Gasteiger charge is 2.42. The minimum Gasteiger partial charge on any atom is -0.378 e. The summed E-state index contributed by atoms with van der Waals surface area (Å²) < 4.78 is 34.9. The van der Waals surface area contributed by atoms with Gasteiger partial charge in [-0.3, -0.25) is 18.9 Å². The van der Waals surface area contributed by atoms with Crippen LogP contribution in [0.5, 0.6) is 0 Å². The van der Waals surface area contributed by atoms with Gasteiger partial charge in [-0.2, -0.15) is 0 Å². The van der Waals surface area contributed by atoms with Crippen LogP contribution in [-0.4, -0.2) is 41.6 Å². The monoisotopic (exact) mass is 617 g/mol. The molecule has 2 atom stereocenters. The molecule has 2 heterocycles. The van der Waals surface area contributed by atoms with Crippen LogP contribution >= 0.6 is 7.60 Å². The van der Waals surface area contributed by atoms with Crippen LogP contribution in [-0.2, 0) is 51.3 Å². The zero-order chi connectivity index (χ0) is 30.8. The first-order valence-electron chi connectivity index (χ1n) is 13.9. The molecule has 3 aromatic carbocycles. The molecule has 0 radical (unpaired) electrons. The lowest BCUT2D eigenvalue weighted by Gasteiger charge is -2.29. The molecule has 0 fully saturated rings. The third kappa shape index (κ3) is 8.56. The Morgan fingerprint density at radius 2 is 1.34 bits per heavy atom. The summed E-state index contributed by atoms with van der Waals surface area (Å²) in [5, 5.41) is 19.9.